The summed E-state index contributed by atoms with van der Waals surface area (Å²) in [6, 6.07) is 0. The Bertz CT molecular complexity index is 480. The third-order valence-corrected chi connectivity index (χ3v) is 3.12. The van der Waals surface area contributed by atoms with E-state index in [1.54, 1.807) is 0 Å². The van der Waals surface area contributed by atoms with Gasteiger partial charge in [-0.05, 0) is 26.7 Å². The van der Waals surface area contributed by atoms with E-state index in [0.29, 0.717) is 12.8 Å². The van der Waals surface area contributed by atoms with Crippen molar-refractivity contribution in [3.05, 3.63) is 15.8 Å². The number of nitro groups is 1. The van der Waals surface area contributed by atoms with E-state index < -0.39 is 10.5 Å². The molecule has 1 unspecified atom stereocenters. The summed E-state index contributed by atoms with van der Waals surface area (Å²) in [4.78, 5) is 18.2. The molecule has 1 heterocycles. The summed E-state index contributed by atoms with van der Waals surface area (Å²) in [6.45, 7) is 5.27. The van der Waals surface area contributed by atoms with E-state index in [4.69, 9.17) is 10.8 Å². The molecule has 0 aliphatic rings. The number of nitrogens with two attached hydrogens (primary N) is 1. The van der Waals surface area contributed by atoms with Crippen LogP contribution in [0, 0.1) is 17.0 Å². The molecule has 0 saturated heterocycles. The first-order valence-corrected chi connectivity index (χ1v) is 6.00. The maximum Gasteiger partial charge on any atom is 0.332 e. The van der Waals surface area contributed by atoms with Gasteiger partial charge in [0, 0.05) is 12.1 Å². The van der Waals surface area contributed by atoms with E-state index in [2.05, 4.69) is 15.3 Å². The van der Waals surface area contributed by atoms with Crippen molar-refractivity contribution in [3.8, 4) is 0 Å². The predicted molar refractivity (Wildman–Crippen MR) is 71.9 cm³/mol. The summed E-state index contributed by atoms with van der Waals surface area (Å²) < 4.78 is 0. The fourth-order valence-corrected chi connectivity index (χ4v) is 1.75. The molecule has 1 aromatic rings. The van der Waals surface area contributed by atoms with Crippen molar-refractivity contribution in [2.24, 2.45) is 0 Å². The monoisotopic (exact) mass is 269 g/mol. The van der Waals surface area contributed by atoms with Gasteiger partial charge in [-0.25, -0.2) is 4.98 Å². The van der Waals surface area contributed by atoms with Gasteiger partial charge in [0.2, 0.25) is 11.8 Å². The zero-order valence-corrected chi connectivity index (χ0v) is 11.3. The van der Waals surface area contributed by atoms with Gasteiger partial charge >= 0.3 is 5.69 Å². The maximum atomic E-state index is 11.1. The second-order valence-corrected chi connectivity index (χ2v) is 4.63. The van der Waals surface area contributed by atoms with E-state index in [9.17, 15) is 10.1 Å². The fraction of sp³-hybridized carbons (Fsp3) is 0.636. The minimum absolute atomic E-state index is 0.0203. The first-order valence-electron chi connectivity index (χ1n) is 6.00. The van der Waals surface area contributed by atoms with Crippen LogP contribution in [0.25, 0.3) is 0 Å². The largest absolute Gasteiger partial charge is 0.396 e. The van der Waals surface area contributed by atoms with Crippen molar-refractivity contribution in [1.82, 2.24) is 9.97 Å². The molecule has 0 saturated carbocycles. The predicted octanol–water partition coefficient (Wildman–Crippen LogP) is 1.24. The van der Waals surface area contributed by atoms with Crippen LogP contribution < -0.4 is 11.1 Å². The average Bonchev–Trinajstić information content (AvgIpc) is 2.27. The Morgan fingerprint density at radius 2 is 2.16 bits per heavy atom. The molecule has 0 fully saturated rings. The number of aliphatic hydroxyl groups is 1. The van der Waals surface area contributed by atoms with Crippen LogP contribution in [-0.2, 0) is 0 Å². The minimum Gasteiger partial charge on any atom is -0.396 e. The zero-order valence-electron chi connectivity index (χ0n) is 11.3. The number of nitrogens with zero attached hydrogens (tertiary/aromatic N) is 3. The maximum absolute atomic E-state index is 11.1. The van der Waals surface area contributed by atoms with Gasteiger partial charge < -0.3 is 16.2 Å². The van der Waals surface area contributed by atoms with Crippen molar-refractivity contribution in [1.29, 1.82) is 0 Å². The van der Waals surface area contributed by atoms with Crippen LogP contribution in [0.4, 0.5) is 17.5 Å². The third-order valence-electron chi connectivity index (χ3n) is 3.12. The molecule has 106 valence electrons. The van der Waals surface area contributed by atoms with Gasteiger partial charge in [0.15, 0.2) is 0 Å². The molecule has 1 atom stereocenters. The molecule has 0 aliphatic heterocycles. The van der Waals surface area contributed by atoms with Gasteiger partial charge in [0.1, 0.15) is 5.69 Å². The standard InChI is InChI=1S/C11H19N5O3/c1-4-11(3,5-6-17)15-9-8(16(18)19)7(2)13-10(12)14-9/h17H,4-6H2,1-3H3,(H3,12,13,14,15). The highest BCUT2D eigenvalue weighted by atomic mass is 16.6. The molecule has 0 aliphatic carbocycles. The Labute approximate surface area is 111 Å². The average molecular weight is 269 g/mol. The molecule has 1 rings (SSSR count). The molecule has 0 amide bonds. The van der Waals surface area contributed by atoms with Crippen molar-refractivity contribution >= 4 is 17.5 Å². The van der Waals surface area contributed by atoms with Crippen molar-refractivity contribution < 1.29 is 10.0 Å². The smallest absolute Gasteiger partial charge is 0.332 e. The highest BCUT2D eigenvalue weighted by Crippen LogP contribution is 2.30. The van der Waals surface area contributed by atoms with E-state index >= 15 is 0 Å². The lowest BCUT2D eigenvalue weighted by atomic mass is 9.95. The zero-order chi connectivity index (χ0) is 14.6. The Balaban J connectivity index is 3.22. The lowest BCUT2D eigenvalue weighted by Gasteiger charge is -2.29. The molecular weight excluding hydrogens is 250 g/mol. The highest BCUT2D eigenvalue weighted by Gasteiger charge is 2.28. The van der Waals surface area contributed by atoms with Crippen molar-refractivity contribution in [2.75, 3.05) is 17.7 Å². The summed E-state index contributed by atoms with van der Waals surface area (Å²) in [5.74, 6) is 0.0702. The molecule has 19 heavy (non-hydrogen) atoms. The van der Waals surface area contributed by atoms with Gasteiger partial charge in [-0.3, -0.25) is 10.1 Å². The number of anilines is 2. The van der Waals surface area contributed by atoms with Crippen molar-refractivity contribution in [2.45, 2.75) is 39.2 Å². The summed E-state index contributed by atoms with van der Waals surface area (Å²) in [5.41, 5.74) is 5.06. The van der Waals surface area contributed by atoms with E-state index in [1.807, 2.05) is 13.8 Å². The molecule has 8 nitrogen and oxygen atoms in total. The van der Waals surface area contributed by atoms with Gasteiger partial charge in [-0.15, -0.1) is 0 Å². The Morgan fingerprint density at radius 1 is 1.53 bits per heavy atom. The van der Waals surface area contributed by atoms with E-state index in [-0.39, 0.29) is 29.8 Å². The Kier molecular flexibility index (Phi) is 4.60. The minimum atomic E-state index is -0.536. The van der Waals surface area contributed by atoms with Crippen molar-refractivity contribution in [3.63, 3.8) is 0 Å². The molecule has 0 spiro atoms. The number of rotatable bonds is 6. The lowest BCUT2D eigenvalue weighted by Crippen LogP contribution is -2.36. The molecule has 0 radical (unpaired) electrons. The van der Waals surface area contributed by atoms with E-state index in [1.165, 1.54) is 6.92 Å². The van der Waals surface area contributed by atoms with E-state index in [0.717, 1.165) is 0 Å². The topological polar surface area (TPSA) is 127 Å². The van der Waals surface area contributed by atoms with Crippen LogP contribution in [0.2, 0.25) is 0 Å². The summed E-state index contributed by atoms with van der Waals surface area (Å²) in [6.07, 6.45) is 1.12. The summed E-state index contributed by atoms with van der Waals surface area (Å²) in [5, 5.41) is 23.2. The molecule has 0 bridgehead atoms. The SMILES string of the molecule is CCC(C)(CCO)Nc1nc(N)nc(C)c1[N+](=O)[O-]. The number of hydrogen-bond acceptors (Lipinski definition) is 7. The first-order chi connectivity index (χ1) is 8.83. The second kappa shape index (κ2) is 5.79. The number of aromatic nitrogens is 2. The Morgan fingerprint density at radius 3 is 2.63 bits per heavy atom. The van der Waals surface area contributed by atoms with Crippen LogP contribution >= 0.6 is 0 Å². The van der Waals surface area contributed by atoms with Gasteiger partial charge in [0.05, 0.1) is 4.92 Å². The number of aryl methyl sites for hydroxylation is 1. The number of hydrogen-bond donors (Lipinski definition) is 3. The molecule has 1 aromatic heterocycles. The van der Waals surface area contributed by atoms with Crippen LogP contribution in [-0.4, -0.2) is 32.1 Å². The van der Waals surface area contributed by atoms with Crippen LogP contribution in [0.3, 0.4) is 0 Å². The lowest BCUT2D eigenvalue weighted by molar-refractivity contribution is -0.385. The van der Waals surface area contributed by atoms with Gasteiger partial charge in [0.25, 0.3) is 0 Å². The molecular formula is C11H19N5O3. The van der Waals surface area contributed by atoms with Crippen LogP contribution in [0.1, 0.15) is 32.4 Å². The highest BCUT2D eigenvalue weighted by molar-refractivity contribution is 5.61. The third kappa shape index (κ3) is 3.50. The second-order valence-electron chi connectivity index (χ2n) is 4.63. The van der Waals surface area contributed by atoms with Crippen LogP contribution in [0.5, 0.6) is 0 Å². The molecule has 0 aromatic carbocycles. The van der Waals surface area contributed by atoms with Crippen LogP contribution in [0.15, 0.2) is 0 Å². The molecule has 8 heteroatoms. The number of nitrogens with one attached hydrogen (secondary N) is 1. The van der Waals surface area contributed by atoms with Gasteiger partial charge in [-0.1, -0.05) is 6.92 Å². The number of nitrogen functional groups attached to an aromatic ring is 1. The summed E-state index contributed by atoms with van der Waals surface area (Å²) >= 11 is 0. The fourth-order valence-electron chi connectivity index (χ4n) is 1.75. The summed E-state index contributed by atoms with van der Waals surface area (Å²) in [7, 11) is 0. The Hall–Kier alpha value is -1.96. The van der Waals surface area contributed by atoms with Gasteiger partial charge in [-0.2, -0.15) is 4.98 Å². The molecule has 4 N–H and O–H groups in total. The normalized spacial score (nSPS) is 13.9. The quantitative estimate of drug-likeness (QED) is 0.523. The first kappa shape index (κ1) is 15.1. The number of aliphatic hydroxyl groups excluding tert-OH is 1.